The molecule has 3 nitrogen and oxygen atoms in total. The number of allylic oxidation sites excluding steroid dienone is 1. The summed E-state index contributed by atoms with van der Waals surface area (Å²) in [6.45, 7) is 2.18. The Bertz CT molecular complexity index is 2230. The number of benzene rings is 6. The lowest BCUT2D eigenvalue weighted by Crippen LogP contribution is -2.06. The molecule has 0 amide bonds. The van der Waals surface area contributed by atoms with Gasteiger partial charge in [-0.3, -0.25) is 0 Å². The van der Waals surface area contributed by atoms with Gasteiger partial charge in [0.15, 0.2) is 5.84 Å². The van der Waals surface area contributed by atoms with E-state index in [1.165, 1.54) is 27.1 Å². The van der Waals surface area contributed by atoms with Gasteiger partial charge < -0.3 is 4.42 Å². The summed E-state index contributed by atoms with van der Waals surface area (Å²) in [6, 6.07) is 44.4. The second-order valence-corrected chi connectivity index (χ2v) is 10.7. The third kappa shape index (κ3) is 3.97. The molecule has 1 aromatic heterocycles. The molecule has 0 radical (unpaired) electrons. The molecule has 194 valence electrons. The van der Waals surface area contributed by atoms with E-state index in [-0.39, 0.29) is 0 Å². The van der Waals surface area contributed by atoms with Gasteiger partial charge in [-0.1, -0.05) is 109 Å². The molecule has 0 fully saturated rings. The van der Waals surface area contributed by atoms with Crippen molar-refractivity contribution in [1.29, 1.82) is 0 Å². The molecule has 0 unspecified atom stereocenters. The molecule has 41 heavy (non-hydrogen) atoms. The van der Waals surface area contributed by atoms with E-state index < -0.39 is 0 Å². The van der Waals surface area contributed by atoms with Gasteiger partial charge in [0.05, 0.1) is 11.4 Å². The summed E-state index contributed by atoms with van der Waals surface area (Å²) < 4.78 is 6.23. The van der Waals surface area contributed by atoms with Gasteiger partial charge in [-0.2, -0.15) is 0 Å². The zero-order valence-electron chi connectivity index (χ0n) is 22.6. The van der Waals surface area contributed by atoms with Crippen molar-refractivity contribution in [1.82, 2.24) is 0 Å². The summed E-state index contributed by atoms with van der Waals surface area (Å²) in [7, 11) is 0. The Balaban J connectivity index is 1.39. The van der Waals surface area contributed by atoms with E-state index in [9.17, 15) is 0 Å². The highest BCUT2D eigenvalue weighted by Gasteiger charge is 2.21. The van der Waals surface area contributed by atoms with Crippen LogP contribution in [0, 0.1) is 0 Å². The molecule has 0 aliphatic carbocycles. The van der Waals surface area contributed by atoms with Crippen LogP contribution in [0.2, 0.25) is 0 Å². The topological polar surface area (TPSA) is 37.9 Å². The summed E-state index contributed by atoms with van der Waals surface area (Å²) in [5.74, 6) is 0.700. The number of fused-ring (bicyclic) bond motifs is 6. The Labute approximate surface area is 237 Å². The summed E-state index contributed by atoms with van der Waals surface area (Å²) >= 11 is 0. The zero-order valence-corrected chi connectivity index (χ0v) is 22.6. The molecule has 0 atom stereocenters. The Morgan fingerprint density at radius 3 is 2.15 bits per heavy atom. The van der Waals surface area contributed by atoms with Crippen LogP contribution in [0.3, 0.4) is 0 Å². The van der Waals surface area contributed by atoms with E-state index in [0.717, 1.165) is 50.0 Å². The molecular formula is C38H26N2O. The molecule has 0 saturated carbocycles. The van der Waals surface area contributed by atoms with Crippen LogP contribution in [0.15, 0.2) is 147 Å². The maximum absolute atomic E-state index is 6.23. The number of hydrogen-bond acceptors (Lipinski definition) is 3. The van der Waals surface area contributed by atoms with Crippen LogP contribution in [-0.2, 0) is 0 Å². The van der Waals surface area contributed by atoms with Gasteiger partial charge in [0.25, 0.3) is 0 Å². The van der Waals surface area contributed by atoms with E-state index in [2.05, 4.69) is 104 Å². The molecule has 0 N–H and O–H groups in total. The summed E-state index contributed by atoms with van der Waals surface area (Å²) in [5.41, 5.74) is 8.04. The van der Waals surface area contributed by atoms with E-state index in [1.54, 1.807) is 0 Å². The first-order chi connectivity index (χ1) is 20.2. The number of nitrogens with zero attached hydrogens (tertiary/aromatic N) is 2. The Morgan fingerprint density at radius 2 is 1.27 bits per heavy atom. The molecule has 1 aliphatic rings. The Hall–Kier alpha value is -5.28. The van der Waals surface area contributed by atoms with Crippen molar-refractivity contribution >= 4 is 60.7 Å². The smallest absolute Gasteiger partial charge is 0.160 e. The summed E-state index contributed by atoms with van der Waals surface area (Å²) in [4.78, 5) is 10.6. The van der Waals surface area contributed by atoms with Crippen LogP contribution < -0.4 is 0 Å². The highest BCUT2D eigenvalue weighted by molar-refractivity contribution is 6.23. The van der Waals surface area contributed by atoms with Gasteiger partial charge >= 0.3 is 0 Å². The highest BCUT2D eigenvalue weighted by atomic mass is 16.3. The minimum absolute atomic E-state index is 0.700. The van der Waals surface area contributed by atoms with Crippen molar-refractivity contribution in [2.45, 2.75) is 13.3 Å². The monoisotopic (exact) mass is 526 g/mol. The minimum atomic E-state index is 0.700. The molecule has 7 aromatic rings. The third-order valence-corrected chi connectivity index (χ3v) is 8.07. The van der Waals surface area contributed by atoms with Crippen LogP contribution >= 0.6 is 0 Å². The average molecular weight is 527 g/mol. The fourth-order valence-corrected chi connectivity index (χ4v) is 6.07. The van der Waals surface area contributed by atoms with Crippen molar-refractivity contribution in [2.75, 3.05) is 0 Å². The molecule has 6 aromatic carbocycles. The fourth-order valence-electron chi connectivity index (χ4n) is 6.07. The summed E-state index contributed by atoms with van der Waals surface area (Å²) in [5, 5.41) is 7.05. The quantitative estimate of drug-likeness (QED) is 0.211. The largest absolute Gasteiger partial charge is 0.456 e. The van der Waals surface area contributed by atoms with Gasteiger partial charge in [0.2, 0.25) is 0 Å². The number of aliphatic imine (C=N–C) groups is 2. The van der Waals surface area contributed by atoms with Gasteiger partial charge in [0.1, 0.15) is 11.2 Å². The first-order valence-corrected chi connectivity index (χ1v) is 14.0. The molecule has 8 rings (SSSR count). The first-order valence-electron chi connectivity index (χ1n) is 14.0. The van der Waals surface area contributed by atoms with Crippen LogP contribution in [0.5, 0.6) is 0 Å². The van der Waals surface area contributed by atoms with E-state index >= 15 is 0 Å². The highest BCUT2D eigenvalue weighted by Crippen LogP contribution is 2.36. The SMILES string of the molecule is CC1=C(c2ccc3ccc4ccccc4c3c2)N=C(c2cccc3oc4ccccc4c23)N=C(c2ccccc2)C1. The molecule has 0 bridgehead atoms. The van der Waals surface area contributed by atoms with Gasteiger partial charge in [-0.05, 0) is 57.8 Å². The molecule has 0 saturated heterocycles. The van der Waals surface area contributed by atoms with Crippen molar-refractivity contribution in [3.8, 4) is 0 Å². The van der Waals surface area contributed by atoms with E-state index in [0.29, 0.717) is 12.3 Å². The fraction of sp³-hybridized carbons (Fsp3) is 0.0526. The summed E-state index contributed by atoms with van der Waals surface area (Å²) in [6.07, 6.45) is 0.710. The number of rotatable bonds is 3. The van der Waals surface area contributed by atoms with Gasteiger partial charge in [0, 0.05) is 28.3 Å². The number of hydrogen-bond donors (Lipinski definition) is 0. The molecular weight excluding hydrogens is 500 g/mol. The third-order valence-electron chi connectivity index (χ3n) is 8.07. The van der Waals surface area contributed by atoms with Gasteiger partial charge in [-0.15, -0.1) is 0 Å². The lowest BCUT2D eigenvalue weighted by molar-refractivity contribution is 0.669. The standard InChI is InChI=1S/C38H26N2O/c1-24-22-33(27-11-3-2-4-12-27)39-38(31-15-9-17-35-36(31)30-14-7-8-16-34(30)41-35)40-37(24)28-21-20-26-19-18-25-10-5-6-13-29(25)32(26)23-28/h2-21,23H,22H2,1H3. The first kappa shape index (κ1) is 23.6. The van der Waals surface area contributed by atoms with Crippen molar-refractivity contribution in [2.24, 2.45) is 9.98 Å². The van der Waals surface area contributed by atoms with E-state index in [1.807, 2.05) is 30.3 Å². The van der Waals surface area contributed by atoms with Crippen molar-refractivity contribution < 1.29 is 4.42 Å². The Kier molecular flexibility index (Phi) is 5.42. The van der Waals surface area contributed by atoms with Crippen molar-refractivity contribution in [3.63, 3.8) is 0 Å². The second-order valence-electron chi connectivity index (χ2n) is 10.7. The van der Waals surface area contributed by atoms with Crippen LogP contribution in [0.1, 0.15) is 30.0 Å². The number of para-hydroxylation sites is 1. The van der Waals surface area contributed by atoms with Crippen molar-refractivity contribution in [3.05, 3.63) is 150 Å². The molecule has 3 heteroatoms. The lowest BCUT2D eigenvalue weighted by atomic mass is 9.96. The predicted molar refractivity (Wildman–Crippen MR) is 172 cm³/mol. The Morgan fingerprint density at radius 1 is 0.561 bits per heavy atom. The lowest BCUT2D eigenvalue weighted by Gasteiger charge is -2.11. The number of furan rings is 1. The van der Waals surface area contributed by atoms with Crippen LogP contribution in [0.25, 0.3) is 49.2 Å². The zero-order chi connectivity index (χ0) is 27.3. The molecule has 2 heterocycles. The van der Waals surface area contributed by atoms with Crippen LogP contribution in [-0.4, -0.2) is 11.5 Å². The second kappa shape index (κ2) is 9.42. The van der Waals surface area contributed by atoms with E-state index in [4.69, 9.17) is 14.4 Å². The maximum atomic E-state index is 6.23. The maximum Gasteiger partial charge on any atom is 0.160 e. The molecule has 0 spiro atoms. The normalized spacial score (nSPS) is 14.1. The average Bonchev–Trinajstić information content (AvgIpc) is 3.32. The molecule has 1 aliphatic heterocycles. The minimum Gasteiger partial charge on any atom is -0.456 e. The van der Waals surface area contributed by atoms with Gasteiger partial charge in [-0.25, -0.2) is 9.98 Å². The predicted octanol–water partition coefficient (Wildman–Crippen LogP) is 9.96. The van der Waals surface area contributed by atoms with Crippen LogP contribution in [0.4, 0.5) is 0 Å². The number of amidine groups is 1.